The van der Waals surface area contributed by atoms with E-state index in [4.69, 9.17) is 9.47 Å². The van der Waals surface area contributed by atoms with Crippen LogP contribution in [0, 0.1) is 0 Å². The normalized spacial score (nSPS) is 24.2. The summed E-state index contributed by atoms with van der Waals surface area (Å²) in [6, 6.07) is -0.0444. The van der Waals surface area contributed by atoms with Gasteiger partial charge in [0.15, 0.2) is 0 Å². The number of hydrogen-bond donors (Lipinski definition) is 1. The Morgan fingerprint density at radius 2 is 1.97 bits per heavy atom. The number of carbonyl (C=O) groups excluding carboxylic acids is 3. The second kappa shape index (κ2) is 7.20. The number of rotatable bonds is 1. The van der Waals surface area contributed by atoms with Gasteiger partial charge < -0.3 is 24.6 Å². The number of amides is 3. The van der Waals surface area contributed by atoms with Gasteiger partial charge in [0, 0.05) is 26.1 Å². The number of ether oxygens (including phenoxy) is 2. The minimum Gasteiger partial charge on any atom is -0.444 e. The van der Waals surface area contributed by atoms with Crippen molar-refractivity contribution in [3.8, 4) is 0 Å². The maximum atomic E-state index is 12.8. The quantitative estimate of drug-likeness (QED) is 0.717. The van der Waals surface area contributed by atoms with Gasteiger partial charge in [-0.25, -0.2) is 19.3 Å². The highest BCUT2D eigenvalue weighted by Gasteiger charge is 2.40. The lowest BCUT2D eigenvalue weighted by Gasteiger charge is -2.32. The zero-order valence-electron chi connectivity index (χ0n) is 16.9. The fourth-order valence-electron chi connectivity index (χ4n) is 3.75. The zero-order valence-corrected chi connectivity index (χ0v) is 16.9. The van der Waals surface area contributed by atoms with E-state index in [9.17, 15) is 14.4 Å². The summed E-state index contributed by atoms with van der Waals surface area (Å²) in [5.74, 6) is 0.542. The predicted octanol–water partition coefficient (Wildman–Crippen LogP) is 0.394. The van der Waals surface area contributed by atoms with Crippen molar-refractivity contribution in [1.82, 2.24) is 29.9 Å². The number of nitrogens with one attached hydrogen (secondary N) is 1. The summed E-state index contributed by atoms with van der Waals surface area (Å²) in [5, 5.41) is 7.12. The molecule has 1 N–H and O–H groups in total. The van der Waals surface area contributed by atoms with Gasteiger partial charge in [-0.3, -0.25) is 4.79 Å². The average Bonchev–Trinajstić information content (AvgIpc) is 3.15. The monoisotopic (exact) mass is 406 g/mol. The number of fused-ring (bicyclic) bond motifs is 2. The standard InChI is InChI=1S/C18H26N6O5/c1-18(2,3)29-17(27)22-7-5-13-20-14(21-24(13)9-8-22)15(25)23-6-4-11-12(10-23)28-16(26)19-11/h11-12H,4-10H2,1-3H3,(H,19,26). The summed E-state index contributed by atoms with van der Waals surface area (Å²) < 4.78 is 12.3. The van der Waals surface area contributed by atoms with Crippen LogP contribution in [-0.4, -0.2) is 86.6 Å². The number of piperidine rings is 1. The van der Waals surface area contributed by atoms with Crippen molar-refractivity contribution in [2.45, 2.75) is 57.9 Å². The Hall–Kier alpha value is -2.85. The third-order valence-electron chi connectivity index (χ3n) is 5.19. The topological polar surface area (TPSA) is 119 Å². The van der Waals surface area contributed by atoms with E-state index in [2.05, 4.69) is 15.4 Å². The predicted molar refractivity (Wildman–Crippen MR) is 99.2 cm³/mol. The van der Waals surface area contributed by atoms with E-state index in [0.29, 0.717) is 51.4 Å². The largest absolute Gasteiger partial charge is 0.444 e. The first-order valence-electron chi connectivity index (χ1n) is 9.88. The van der Waals surface area contributed by atoms with Gasteiger partial charge in [0.25, 0.3) is 5.91 Å². The molecule has 3 amide bonds. The van der Waals surface area contributed by atoms with Gasteiger partial charge >= 0.3 is 12.2 Å². The molecule has 0 bridgehead atoms. The van der Waals surface area contributed by atoms with Crippen LogP contribution in [0.15, 0.2) is 0 Å². The Bertz CT molecular complexity index is 806. The molecule has 0 spiro atoms. The van der Waals surface area contributed by atoms with Gasteiger partial charge in [-0.05, 0) is 27.2 Å². The van der Waals surface area contributed by atoms with Crippen LogP contribution in [0.25, 0.3) is 0 Å². The van der Waals surface area contributed by atoms with Crippen molar-refractivity contribution in [3.05, 3.63) is 11.6 Å². The molecule has 0 aromatic carbocycles. The molecule has 0 radical (unpaired) electrons. The fraction of sp³-hybridized carbons (Fsp3) is 0.722. The molecule has 1 aromatic heterocycles. The van der Waals surface area contributed by atoms with Crippen molar-refractivity contribution in [2.75, 3.05) is 26.2 Å². The lowest BCUT2D eigenvalue weighted by atomic mass is 10.0. The van der Waals surface area contributed by atoms with Gasteiger partial charge in [-0.1, -0.05) is 0 Å². The van der Waals surface area contributed by atoms with E-state index < -0.39 is 11.7 Å². The van der Waals surface area contributed by atoms with E-state index in [-0.39, 0.29) is 30.0 Å². The Balaban J connectivity index is 1.39. The minimum atomic E-state index is -0.550. The van der Waals surface area contributed by atoms with E-state index >= 15 is 0 Å². The molecule has 29 heavy (non-hydrogen) atoms. The molecule has 0 aliphatic carbocycles. The Morgan fingerprint density at radius 1 is 1.17 bits per heavy atom. The van der Waals surface area contributed by atoms with Crippen LogP contribution in [-0.2, 0) is 22.4 Å². The van der Waals surface area contributed by atoms with E-state index in [1.54, 1.807) is 14.5 Å². The molecule has 2 saturated heterocycles. The first-order chi connectivity index (χ1) is 13.7. The second-order valence-corrected chi connectivity index (χ2v) is 8.53. The summed E-state index contributed by atoms with van der Waals surface area (Å²) in [4.78, 5) is 44.2. The SMILES string of the molecule is CC(C)(C)OC(=O)N1CCc2nc(C(=O)N3CCC4NC(=O)OC4C3)nn2CC1. The second-order valence-electron chi connectivity index (χ2n) is 8.53. The summed E-state index contributed by atoms with van der Waals surface area (Å²) in [6.07, 6.45) is 0.00705. The molecule has 4 heterocycles. The number of aromatic nitrogens is 3. The molecule has 2 unspecified atom stereocenters. The molecule has 3 aliphatic heterocycles. The fourth-order valence-corrected chi connectivity index (χ4v) is 3.75. The van der Waals surface area contributed by atoms with E-state index in [1.807, 2.05) is 20.8 Å². The average molecular weight is 406 g/mol. The van der Waals surface area contributed by atoms with Gasteiger partial charge in [0.2, 0.25) is 5.82 Å². The van der Waals surface area contributed by atoms with Crippen LogP contribution < -0.4 is 5.32 Å². The van der Waals surface area contributed by atoms with Gasteiger partial charge in [0.1, 0.15) is 17.5 Å². The third-order valence-corrected chi connectivity index (χ3v) is 5.19. The molecule has 11 heteroatoms. The maximum absolute atomic E-state index is 12.8. The highest BCUT2D eigenvalue weighted by Crippen LogP contribution is 2.21. The van der Waals surface area contributed by atoms with E-state index in [0.717, 1.165) is 0 Å². The van der Waals surface area contributed by atoms with Gasteiger partial charge in [-0.15, -0.1) is 5.10 Å². The Kier molecular flexibility index (Phi) is 4.83. The number of carbonyl (C=O) groups is 3. The lowest BCUT2D eigenvalue weighted by Crippen LogP contribution is -2.50. The Morgan fingerprint density at radius 3 is 2.72 bits per heavy atom. The smallest absolute Gasteiger partial charge is 0.410 e. The third kappa shape index (κ3) is 4.13. The molecule has 4 rings (SSSR count). The number of nitrogens with zero attached hydrogens (tertiary/aromatic N) is 5. The molecule has 3 aliphatic rings. The molecule has 158 valence electrons. The van der Waals surface area contributed by atoms with Crippen molar-refractivity contribution in [3.63, 3.8) is 0 Å². The van der Waals surface area contributed by atoms with Crippen LogP contribution in [0.3, 0.4) is 0 Å². The molecule has 0 saturated carbocycles. The molecular formula is C18H26N6O5. The van der Waals surface area contributed by atoms with Gasteiger partial charge in [0.05, 0.1) is 19.1 Å². The highest BCUT2D eigenvalue weighted by molar-refractivity contribution is 5.90. The summed E-state index contributed by atoms with van der Waals surface area (Å²) >= 11 is 0. The molecular weight excluding hydrogens is 380 g/mol. The Labute approximate surface area is 168 Å². The van der Waals surface area contributed by atoms with Crippen molar-refractivity contribution >= 4 is 18.1 Å². The summed E-state index contributed by atoms with van der Waals surface area (Å²) in [7, 11) is 0. The zero-order chi connectivity index (χ0) is 20.8. The van der Waals surface area contributed by atoms with Crippen molar-refractivity contribution < 1.29 is 23.9 Å². The van der Waals surface area contributed by atoms with Crippen molar-refractivity contribution in [2.24, 2.45) is 0 Å². The summed E-state index contributed by atoms with van der Waals surface area (Å²) in [5.41, 5.74) is -0.550. The minimum absolute atomic E-state index is 0.0444. The maximum Gasteiger partial charge on any atom is 0.410 e. The van der Waals surface area contributed by atoms with Crippen LogP contribution in [0.1, 0.15) is 43.6 Å². The van der Waals surface area contributed by atoms with Crippen LogP contribution in [0.2, 0.25) is 0 Å². The van der Waals surface area contributed by atoms with Crippen molar-refractivity contribution in [1.29, 1.82) is 0 Å². The summed E-state index contributed by atoms with van der Waals surface area (Å²) in [6.45, 7) is 7.68. The van der Waals surface area contributed by atoms with Crippen LogP contribution in [0.4, 0.5) is 9.59 Å². The molecule has 1 aromatic rings. The van der Waals surface area contributed by atoms with Crippen LogP contribution >= 0.6 is 0 Å². The number of likely N-dealkylation sites (tertiary alicyclic amines) is 1. The first-order valence-corrected chi connectivity index (χ1v) is 9.88. The number of alkyl carbamates (subject to hydrolysis) is 1. The molecule has 2 atom stereocenters. The number of hydrogen-bond acceptors (Lipinski definition) is 7. The van der Waals surface area contributed by atoms with Gasteiger partial charge in [-0.2, -0.15) is 0 Å². The molecule has 2 fully saturated rings. The lowest BCUT2D eigenvalue weighted by molar-refractivity contribution is 0.0252. The first kappa shape index (κ1) is 19.5. The van der Waals surface area contributed by atoms with Crippen LogP contribution in [0.5, 0.6) is 0 Å². The molecule has 11 nitrogen and oxygen atoms in total. The highest BCUT2D eigenvalue weighted by atomic mass is 16.6. The van der Waals surface area contributed by atoms with E-state index in [1.165, 1.54) is 0 Å².